The van der Waals surface area contributed by atoms with Gasteiger partial charge in [0.05, 0.1) is 19.1 Å². The maximum absolute atomic E-state index is 15.0. The number of allylic oxidation sites excluding steroid dienone is 3. The van der Waals surface area contributed by atoms with Crippen molar-refractivity contribution in [2.45, 2.75) is 31.5 Å². The Bertz CT molecular complexity index is 612. The van der Waals surface area contributed by atoms with Crippen molar-refractivity contribution < 1.29 is 18.3 Å². The number of hydrogen-bond donors (Lipinski definition) is 1. The zero-order valence-electron chi connectivity index (χ0n) is 12.4. The number of hydrogen-bond acceptors (Lipinski definition) is 3. The molecule has 118 valence electrons. The molecule has 1 aliphatic rings. The number of benzene rings is 1. The first-order valence-corrected chi connectivity index (χ1v) is 7.19. The molecule has 1 aromatic rings. The zero-order chi connectivity index (χ0) is 16.2. The summed E-state index contributed by atoms with van der Waals surface area (Å²) in [6.07, 6.45) is 4.41. The molecule has 0 amide bonds. The molecule has 0 spiro atoms. The van der Waals surface area contributed by atoms with Gasteiger partial charge in [0.1, 0.15) is 11.5 Å². The van der Waals surface area contributed by atoms with Crippen LogP contribution < -0.4 is 5.73 Å². The van der Waals surface area contributed by atoms with Crippen LogP contribution in [0, 0.1) is 5.82 Å². The van der Waals surface area contributed by atoms with Gasteiger partial charge in [-0.2, -0.15) is 0 Å². The number of nitrogens with two attached hydrogens (primary N) is 1. The SMILES string of the molecule is CCOC(=O)CC(N)C1(F)C=CC=C(c2cccc(F)c2)C1. The third-order valence-corrected chi connectivity index (χ3v) is 3.64. The quantitative estimate of drug-likeness (QED) is 0.850. The number of esters is 1. The largest absolute Gasteiger partial charge is 0.466 e. The van der Waals surface area contributed by atoms with E-state index in [1.165, 1.54) is 18.2 Å². The molecule has 2 N–H and O–H groups in total. The van der Waals surface area contributed by atoms with E-state index in [0.717, 1.165) is 0 Å². The van der Waals surface area contributed by atoms with Crippen molar-refractivity contribution in [2.75, 3.05) is 6.61 Å². The van der Waals surface area contributed by atoms with Gasteiger partial charge in [0.15, 0.2) is 0 Å². The third kappa shape index (κ3) is 3.80. The van der Waals surface area contributed by atoms with Gasteiger partial charge in [-0.15, -0.1) is 0 Å². The average molecular weight is 307 g/mol. The Balaban J connectivity index is 2.13. The Hall–Kier alpha value is -2.01. The molecule has 2 unspecified atom stereocenters. The predicted molar refractivity (Wildman–Crippen MR) is 81.2 cm³/mol. The fourth-order valence-electron chi connectivity index (χ4n) is 2.44. The van der Waals surface area contributed by atoms with E-state index in [-0.39, 0.29) is 25.3 Å². The van der Waals surface area contributed by atoms with Crippen LogP contribution in [-0.4, -0.2) is 24.3 Å². The number of halogens is 2. The number of carbonyl (C=O) groups excluding carboxylic acids is 1. The van der Waals surface area contributed by atoms with Gasteiger partial charge in [-0.1, -0.05) is 24.3 Å². The molecule has 0 fully saturated rings. The molecule has 0 saturated carbocycles. The molecule has 5 heteroatoms. The highest BCUT2D eigenvalue weighted by molar-refractivity contribution is 5.72. The number of alkyl halides is 1. The summed E-state index contributed by atoms with van der Waals surface area (Å²) in [5, 5.41) is 0. The molecule has 2 atom stereocenters. The predicted octanol–water partition coefficient (Wildman–Crippen LogP) is 3.16. The maximum Gasteiger partial charge on any atom is 0.307 e. The van der Waals surface area contributed by atoms with Crippen LogP contribution >= 0.6 is 0 Å². The topological polar surface area (TPSA) is 52.3 Å². The first-order valence-electron chi connectivity index (χ1n) is 7.19. The molecule has 0 aliphatic heterocycles. The molecular weight excluding hydrogens is 288 g/mol. The van der Waals surface area contributed by atoms with Crippen LogP contribution in [0.2, 0.25) is 0 Å². The normalized spacial score (nSPS) is 22.1. The second-order valence-corrected chi connectivity index (χ2v) is 5.28. The molecule has 22 heavy (non-hydrogen) atoms. The second-order valence-electron chi connectivity index (χ2n) is 5.28. The molecule has 3 nitrogen and oxygen atoms in total. The standard InChI is InChI=1S/C17H19F2NO2/c1-2-22-16(21)10-15(20)17(19)8-4-6-13(11-17)12-5-3-7-14(18)9-12/h3-9,15H,2,10-11,20H2,1H3. The third-order valence-electron chi connectivity index (χ3n) is 3.64. The monoisotopic (exact) mass is 307 g/mol. The minimum atomic E-state index is -1.86. The van der Waals surface area contributed by atoms with Crippen molar-refractivity contribution in [1.82, 2.24) is 0 Å². The van der Waals surface area contributed by atoms with Crippen LogP contribution in [0.25, 0.3) is 5.57 Å². The van der Waals surface area contributed by atoms with Crippen molar-refractivity contribution in [1.29, 1.82) is 0 Å². The fraction of sp³-hybridized carbons (Fsp3) is 0.353. The molecule has 0 radical (unpaired) electrons. The summed E-state index contributed by atoms with van der Waals surface area (Å²) < 4.78 is 33.2. The average Bonchev–Trinajstić information content (AvgIpc) is 2.47. The lowest BCUT2D eigenvalue weighted by Crippen LogP contribution is -2.45. The van der Waals surface area contributed by atoms with E-state index in [1.54, 1.807) is 31.2 Å². The molecule has 0 heterocycles. The van der Waals surface area contributed by atoms with Crippen LogP contribution in [0.3, 0.4) is 0 Å². The Morgan fingerprint density at radius 2 is 2.27 bits per heavy atom. The van der Waals surface area contributed by atoms with Crippen molar-refractivity contribution in [3.8, 4) is 0 Å². The van der Waals surface area contributed by atoms with Gasteiger partial charge in [0, 0.05) is 6.42 Å². The lowest BCUT2D eigenvalue weighted by molar-refractivity contribution is -0.144. The van der Waals surface area contributed by atoms with E-state index in [1.807, 2.05) is 0 Å². The molecule has 2 rings (SSSR count). The highest BCUT2D eigenvalue weighted by Crippen LogP contribution is 2.35. The van der Waals surface area contributed by atoms with E-state index in [0.29, 0.717) is 11.1 Å². The van der Waals surface area contributed by atoms with Gasteiger partial charge in [0.2, 0.25) is 0 Å². The molecule has 1 aliphatic carbocycles. The number of rotatable bonds is 5. The Morgan fingerprint density at radius 3 is 2.95 bits per heavy atom. The molecular formula is C17H19F2NO2. The lowest BCUT2D eigenvalue weighted by Gasteiger charge is -2.31. The summed E-state index contributed by atoms with van der Waals surface area (Å²) in [6, 6.07) is 4.95. The molecule has 1 aromatic carbocycles. The summed E-state index contributed by atoms with van der Waals surface area (Å²) in [7, 11) is 0. The van der Waals surface area contributed by atoms with Crippen LogP contribution in [-0.2, 0) is 9.53 Å². The van der Waals surface area contributed by atoms with Crippen molar-refractivity contribution in [2.24, 2.45) is 5.73 Å². The van der Waals surface area contributed by atoms with Crippen LogP contribution in [0.4, 0.5) is 8.78 Å². The highest BCUT2D eigenvalue weighted by atomic mass is 19.1. The summed E-state index contributed by atoms with van der Waals surface area (Å²) in [5.41, 5.74) is 5.25. The second kappa shape index (κ2) is 6.83. The van der Waals surface area contributed by atoms with Gasteiger partial charge in [0.25, 0.3) is 0 Å². The minimum Gasteiger partial charge on any atom is -0.466 e. The summed E-state index contributed by atoms with van der Waals surface area (Å²) in [4.78, 5) is 11.5. The fourth-order valence-corrected chi connectivity index (χ4v) is 2.44. The first-order chi connectivity index (χ1) is 10.4. The van der Waals surface area contributed by atoms with Gasteiger partial charge in [-0.25, -0.2) is 8.78 Å². The van der Waals surface area contributed by atoms with Gasteiger partial charge >= 0.3 is 5.97 Å². The van der Waals surface area contributed by atoms with Gasteiger partial charge < -0.3 is 10.5 Å². The Morgan fingerprint density at radius 1 is 1.50 bits per heavy atom. The van der Waals surface area contributed by atoms with Gasteiger partial charge in [-0.05, 0) is 36.3 Å². The Kier molecular flexibility index (Phi) is 5.08. The molecule has 0 bridgehead atoms. The minimum absolute atomic E-state index is 0.00642. The van der Waals surface area contributed by atoms with Crippen molar-refractivity contribution >= 4 is 11.5 Å². The number of carbonyl (C=O) groups is 1. The summed E-state index contributed by atoms with van der Waals surface area (Å²) in [6.45, 7) is 1.91. The van der Waals surface area contributed by atoms with Crippen LogP contribution in [0.1, 0.15) is 25.3 Å². The van der Waals surface area contributed by atoms with Crippen molar-refractivity contribution in [3.05, 3.63) is 53.9 Å². The van der Waals surface area contributed by atoms with Crippen LogP contribution in [0.15, 0.2) is 42.5 Å². The van der Waals surface area contributed by atoms with Gasteiger partial charge in [-0.3, -0.25) is 4.79 Å². The molecule has 0 aromatic heterocycles. The van der Waals surface area contributed by atoms with E-state index in [9.17, 15) is 9.18 Å². The van der Waals surface area contributed by atoms with E-state index in [2.05, 4.69) is 0 Å². The smallest absolute Gasteiger partial charge is 0.307 e. The van der Waals surface area contributed by atoms with Crippen molar-refractivity contribution in [3.63, 3.8) is 0 Å². The summed E-state index contributed by atoms with van der Waals surface area (Å²) >= 11 is 0. The maximum atomic E-state index is 15.0. The highest BCUT2D eigenvalue weighted by Gasteiger charge is 2.38. The molecule has 0 saturated heterocycles. The van der Waals surface area contributed by atoms with E-state index < -0.39 is 17.7 Å². The van der Waals surface area contributed by atoms with E-state index >= 15 is 4.39 Å². The first kappa shape index (κ1) is 16.4. The summed E-state index contributed by atoms with van der Waals surface area (Å²) in [5.74, 6) is -0.907. The van der Waals surface area contributed by atoms with Crippen LogP contribution in [0.5, 0.6) is 0 Å². The zero-order valence-corrected chi connectivity index (χ0v) is 12.4. The lowest BCUT2D eigenvalue weighted by atomic mass is 9.82. The number of ether oxygens (including phenoxy) is 1. The van der Waals surface area contributed by atoms with E-state index in [4.69, 9.17) is 10.5 Å². The Labute approximate surface area is 128 Å².